The van der Waals surface area contributed by atoms with Gasteiger partial charge in [0.1, 0.15) is 5.60 Å². The number of amides is 1. The molecule has 7 nitrogen and oxygen atoms in total. The van der Waals surface area contributed by atoms with Gasteiger partial charge in [0.05, 0.1) is 12.1 Å². The maximum Gasteiger partial charge on any atom is 0.408 e. The second-order valence-electron chi connectivity index (χ2n) is 7.88. The number of nitrogens with zero attached hydrogens (tertiary/aromatic N) is 1. The van der Waals surface area contributed by atoms with Gasteiger partial charge in [0.15, 0.2) is 5.96 Å². The number of hydrogen-bond donors (Lipinski definition) is 3. The van der Waals surface area contributed by atoms with E-state index in [1.54, 1.807) is 7.05 Å². The molecule has 0 aromatic heterocycles. The summed E-state index contributed by atoms with van der Waals surface area (Å²) in [6.45, 7) is 12.1. The maximum absolute atomic E-state index is 11.9. The van der Waals surface area contributed by atoms with Gasteiger partial charge in [-0.05, 0) is 53.4 Å². The summed E-state index contributed by atoms with van der Waals surface area (Å²) in [6.07, 6.45) is 2.18. The van der Waals surface area contributed by atoms with Gasteiger partial charge in [-0.25, -0.2) is 4.79 Å². The van der Waals surface area contributed by atoms with Crippen LogP contribution in [0.25, 0.3) is 0 Å². The van der Waals surface area contributed by atoms with E-state index in [1.165, 1.54) is 12.8 Å². The lowest BCUT2D eigenvalue weighted by Gasteiger charge is -2.29. The number of rotatable bonds is 8. The van der Waals surface area contributed by atoms with E-state index in [-0.39, 0.29) is 24.0 Å². The Labute approximate surface area is 169 Å². The number of guanidine groups is 1. The van der Waals surface area contributed by atoms with Crippen LogP contribution in [-0.2, 0) is 9.47 Å². The molecule has 25 heavy (non-hydrogen) atoms. The lowest BCUT2D eigenvalue weighted by Crippen LogP contribution is -2.54. The molecule has 0 unspecified atom stereocenters. The van der Waals surface area contributed by atoms with Gasteiger partial charge in [0, 0.05) is 26.7 Å². The van der Waals surface area contributed by atoms with Gasteiger partial charge in [-0.15, -0.1) is 24.0 Å². The molecule has 0 atom stereocenters. The smallest absolute Gasteiger partial charge is 0.408 e. The lowest BCUT2D eigenvalue weighted by molar-refractivity contribution is 0.0474. The Balaban J connectivity index is 0.00000576. The molecule has 0 aromatic rings. The lowest BCUT2D eigenvalue weighted by atomic mass is 10.1. The van der Waals surface area contributed by atoms with Gasteiger partial charge in [0.25, 0.3) is 0 Å². The average Bonchev–Trinajstić information content (AvgIpc) is 3.23. The molecule has 1 rings (SSSR count). The Morgan fingerprint density at radius 2 is 1.80 bits per heavy atom. The van der Waals surface area contributed by atoms with Crippen LogP contribution < -0.4 is 16.0 Å². The van der Waals surface area contributed by atoms with Crippen molar-refractivity contribution in [1.29, 1.82) is 0 Å². The number of carbonyl (C=O) groups excluding carboxylic acids is 1. The van der Waals surface area contributed by atoms with Gasteiger partial charge in [-0.2, -0.15) is 0 Å². The minimum atomic E-state index is -0.508. The van der Waals surface area contributed by atoms with E-state index in [2.05, 4.69) is 20.9 Å². The molecule has 1 aliphatic rings. The van der Waals surface area contributed by atoms with Gasteiger partial charge in [0.2, 0.25) is 0 Å². The maximum atomic E-state index is 11.9. The van der Waals surface area contributed by atoms with E-state index in [9.17, 15) is 4.79 Å². The second kappa shape index (κ2) is 11.1. The number of hydrogen-bond acceptors (Lipinski definition) is 4. The summed E-state index contributed by atoms with van der Waals surface area (Å²) in [5, 5.41) is 9.26. The molecular formula is C17H35IN4O3. The number of alkyl carbamates (subject to hydrolysis) is 1. The fraction of sp³-hybridized carbons (Fsp3) is 0.882. The molecule has 8 heteroatoms. The van der Waals surface area contributed by atoms with Crippen molar-refractivity contribution in [3.8, 4) is 0 Å². The Morgan fingerprint density at radius 1 is 1.16 bits per heavy atom. The molecule has 1 fully saturated rings. The normalized spacial score (nSPS) is 15.2. The topological polar surface area (TPSA) is 84.0 Å². The van der Waals surface area contributed by atoms with Crippen molar-refractivity contribution < 1.29 is 14.3 Å². The van der Waals surface area contributed by atoms with Crippen LogP contribution >= 0.6 is 24.0 Å². The standard InChI is InChI=1S/C17H34N4O3.HI/c1-16(2,3)24-15(22)21-17(4,5)12-20-14(18-6)19-9-10-23-11-13-7-8-13;/h13H,7-12H2,1-6H3,(H,21,22)(H2,18,19,20);1H. The summed E-state index contributed by atoms with van der Waals surface area (Å²) in [5.74, 6) is 1.46. The van der Waals surface area contributed by atoms with Crippen LogP contribution in [0.3, 0.4) is 0 Å². The zero-order chi connectivity index (χ0) is 18.2. The number of nitrogens with one attached hydrogen (secondary N) is 3. The molecule has 1 aliphatic carbocycles. The van der Waals surface area contributed by atoms with E-state index >= 15 is 0 Å². The Hall–Kier alpha value is -0.770. The molecule has 0 aliphatic heterocycles. The predicted octanol–water partition coefficient (Wildman–Crippen LogP) is 2.50. The predicted molar refractivity (Wildman–Crippen MR) is 112 cm³/mol. The van der Waals surface area contributed by atoms with Crippen molar-refractivity contribution in [2.45, 2.75) is 58.6 Å². The summed E-state index contributed by atoms with van der Waals surface area (Å²) in [4.78, 5) is 16.0. The largest absolute Gasteiger partial charge is 0.444 e. The van der Waals surface area contributed by atoms with E-state index in [1.807, 2.05) is 34.6 Å². The quantitative estimate of drug-likeness (QED) is 0.220. The highest BCUT2D eigenvalue weighted by atomic mass is 127. The monoisotopic (exact) mass is 470 g/mol. The Bertz CT molecular complexity index is 432. The molecule has 1 saturated carbocycles. The molecule has 0 spiro atoms. The first-order chi connectivity index (χ1) is 11.1. The minimum Gasteiger partial charge on any atom is -0.444 e. The first-order valence-corrected chi connectivity index (χ1v) is 8.65. The van der Waals surface area contributed by atoms with Gasteiger partial charge in [-0.3, -0.25) is 4.99 Å². The number of carbonyl (C=O) groups is 1. The fourth-order valence-electron chi connectivity index (χ4n) is 1.93. The van der Waals surface area contributed by atoms with E-state index in [0.29, 0.717) is 25.7 Å². The van der Waals surface area contributed by atoms with E-state index < -0.39 is 17.2 Å². The van der Waals surface area contributed by atoms with Crippen LogP contribution in [0.2, 0.25) is 0 Å². The van der Waals surface area contributed by atoms with E-state index in [4.69, 9.17) is 9.47 Å². The zero-order valence-corrected chi connectivity index (χ0v) is 18.7. The third kappa shape index (κ3) is 13.1. The molecule has 148 valence electrons. The van der Waals surface area contributed by atoms with Crippen molar-refractivity contribution >= 4 is 36.0 Å². The second-order valence-corrected chi connectivity index (χ2v) is 7.88. The first-order valence-electron chi connectivity index (χ1n) is 8.65. The van der Waals surface area contributed by atoms with E-state index in [0.717, 1.165) is 12.5 Å². The summed E-state index contributed by atoms with van der Waals surface area (Å²) in [5.41, 5.74) is -0.978. The third-order valence-corrected chi connectivity index (χ3v) is 3.35. The van der Waals surface area contributed by atoms with Gasteiger partial charge < -0.3 is 25.4 Å². The molecule has 0 bridgehead atoms. The van der Waals surface area contributed by atoms with Crippen molar-refractivity contribution in [2.24, 2.45) is 10.9 Å². The third-order valence-electron chi connectivity index (χ3n) is 3.35. The molecule has 0 aromatic carbocycles. The number of halogens is 1. The fourth-order valence-corrected chi connectivity index (χ4v) is 1.93. The van der Waals surface area contributed by atoms with Crippen LogP contribution in [0.4, 0.5) is 4.79 Å². The van der Waals surface area contributed by atoms with Gasteiger partial charge in [-0.1, -0.05) is 0 Å². The van der Waals surface area contributed by atoms with Crippen molar-refractivity contribution in [3.05, 3.63) is 0 Å². The van der Waals surface area contributed by atoms with Crippen molar-refractivity contribution in [1.82, 2.24) is 16.0 Å². The summed E-state index contributed by atoms with van der Waals surface area (Å²) in [7, 11) is 1.72. The Morgan fingerprint density at radius 3 is 2.32 bits per heavy atom. The van der Waals surface area contributed by atoms with Crippen LogP contribution in [0.15, 0.2) is 4.99 Å². The molecule has 3 N–H and O–H groups in total. The first kappa shape index (κ1) is 24.2. The summed E-state index contributed by atoms with van der Waals surface area (Å²) >= 11 is 0. The van der Waals surface area contributed by atoms with Crippen molar-refractivity contribution in [3.63, 3.8) is 0 Å². The highest BCUT2D eigenvalue weighted by Gasteiger charge is 2.24. The molecular weight excluding hydrogens is 435 g/mol. The molecule has 0 heterocycles. The van der Waals surface area contributed by atoms with Gasteiger partial charge >= 0.3 is 6.09 Å². The number of aliphatic imine (C=N–C) groups is 1. The SMILES string of the molecule is CN=C(NCCOCC1CC1)NCC(C)(C)NC(=O)OC(C)(C)C.I. The van der Waals surface area contributed by atoms with Crippen LogP contribution in [0, 0.1) is 5.92 Å². The average molecular weight is 470 g/mol. The summed E-state index contributed by atoms with van der Waals surface area (Å²) in [6, 6.07) is 0. The molecule has 1 amide bonds. The highest BCUT2D eigenvalue weighted by molar-refractivity contribution is 14.0. The van der Waals surface area contributed by atoms with Crippen LogP contribution in [0.1, 0.15) is 47.5 Å². The molecule has 0 saturated heterocycles. The summed E-state index contributed by atoms with van der Waals surface area (Å²) < 4.78 is 10.9. The number of ether oxygens (including phenoxy) is 2. The highest BCUT2D eigenvalue weighted by Crippen LogP contribution is 2.28. The zero-order valence-electron chi connectivity index (χ0n) is 16.4. The minimum absolute atomic E-state index is 0. The van der Waals surface area contributed by atoms with Crippen molar-refractivity contribution in [2.75, 3.05) is 33.4 Å². The Kier molecular flexibility index (Phi) is 10.7. The molecule has 0 radical (unpaired) electrons. The van der Waals surface area contributed by atoms with Crippen LogP contribution in [0.5, 0.6) is 0 Å². The van der Waals surface area contributed by atoms with Crippen LogP contribution in [-0.4, -0.2) is 56.5 Å².